The molecule has 0 amide bonds. The topological polar surface area (TPSA) is 6.48 Å². The first-order valence-electron chi connectivity index (χ1n) is 11.6. The second kappa shape index (κ2) is 8.45. The molecule has 0 aromatic heterocycles. The summed E-state index contributed by atoms with van der Waals surface area (Å²) in [6, 6.07) is 21.2. The molecule has 0 radical (unpaired) electrons. The van der Waals surface area contributed by atoms with Crippen molar-refractivity contribution in [3.05, 3.63) is 77.4 Å². The van der Waals surface area contributed by atoms with Crippen molar-refractivity contribution < 1.29 is 0 Å². The van der Waals surface area contributed by atoms with Gasteiger partial charge in [-0.15, -0.1) is 0 Å². The first-order chi connectivity index (χ1) is 14.3. The average Bonchev–Trinajstić information content (AvgIpc) is 3.44. The van der Waals surface area contributed by atoms with Gasteiger partial charge in [0, 0.05) is 38.1 Å². The maximum absolute atomic E-state index is 2.66. The van der Waals surface area contributed by atoms with Crippen molar-refractivity contribution in [2.24, 2.45) is 11.8 Å². The van der Waals surface area contributed by atoms with Gasteiger partial charge in [0.15, 0.2) is 0 Å². The molecule has 0 saturated carbocycles. The van der Waals surface area contributed by atoms with Crippen molar-refractivity contribution >= 4 is 5.57 Å². The first-order valence-corrected chi connectivity index (χ1v) is 11.6. The van der Waals surface area contributed by atoms with Crippen LogP contribution in [0.5, 0.6) is 0 Å². The molecular formula is C27H34N2. The van der Waals surface area contributed by atoms with Gasteiger partial charge in [-0.25, -0.2) is 0 Å². The minimum Gasteiger partial charge on any atom is -0.300 e. The minimum absolute atomic E-state index is 0.718. The van der Waals surface area contributed by atoms with Crippen molar-refractivity contribution in [3.8, 4) is 0 Å². The van der Waals surface area contributed by atoms with E-state index >= 15 is 0 Å². The Hall–Kier alpha value is -1.90. The lowest BCUT2D eigenvalue weighted by molar-refractivity contribution is 0.272. The smallest absolute Gasteiger partial charge is 0.0234 e. The third kappa shape index (κ3) is 4.20. The Balaban J connectivity index is 1.19. The zero-order valence-electron chi connectivity index (χ0n) is 17.8. The number of hydrogen-bond donors (Lipinski definition) is 0. The summed E-state index contributed by atoms with van der Waals surface area (Å²) in [7, 11) is 0. The number of benzene rings is 2. The highest BCUT2D eigenvalue weighted by molar-refractivity contribution is 5.70. The molecule has 2 heteroatoms. The second-order valence-electron chi connectivity index (χ2n) is 9.42. The van der Waals surface area contributed by atoms with Crippen molar-refractivity contribution in [3.63, 3.8) is 0 Å². The Labute approximate surface area is 176 Å². The van der Waals surface area contributed by atoms with Crippen LogP contribution in [0, 0.1) is 11.8 Å². The molecule has 5 rings (SSSR count). The van der Waals surface area contributed by atoms with E-state index in [0.29, 0.717) is 0 Å². The molecule has 152 valence electrons. The summed E-state index contributed by atoms with van der Waals surface area (Å²) in [6.45, 7) is 8.42. The van der Waals surface area contributed by atoms with E-state index in [1.54, 1.807) is 5.57 Å². The second-order valence-corrected chi connectivity index (χ2v) is 9.42. The summed E-state index contributed by atoms with van der Waals surface area (Å²) in [5.41, 5.74) is 5.98. The van der Waals surface area contributed by atoms with E-state index in [1.165, 1.54) is 68.6 Å². The summed E-state index contributed by atoms with van der Waals surface area (Å²) in [5.74, 6) is 1.53. The molecule has 0 spiro atoms. The summed E-state index contributed by atoms with van der Waals surface area (Å²) in [6.07, 6.45) is 7.70. The lowest BCUT2D eigenvalue weighted by Crippen LogP contribution is -2.28. The fraction of sp³-hybridized carbons (Fsp3) is 0.481. The van der Waals surface area contributed by atoms with Gasteiger partial charge in [-0.05, 0) is 67.3 Å². The van der Waals surface area contributed by atoms with E-state index in [9.17, 15) is 0 Å². The van der Waals surface area contributed by atoms with Crippen LogP contribution in [0.25, 0.3) is 5.57 Å². The van der Waals surface area contributed by atoms with E-state index in [2.05, 4.69) is 77.4 Å². The highest BCUT2D eigenvalue weighted by Gasteiger charge is 2.38. The Morgan fingerprint density at radius 2 is 1.76 bits per heavy atom. The maximum atomic E-state index is 2.66. The maximum Gasteiger partial charge on any atom is 0.0234 e. The molecule has 2 heterocycles. The van der Waals surface area contributed by atoms with Gasteiger partial charge < -0.3 is 4.90 Å². The van der Waals surface area contributed by atoms with E-state index in [-0.39, 0.29) is 0 Å². The van der Waals surface area contributed by atoms with E-state index in [1.807, 2.05) is 0 Å². The van der Waals surface area contributed by atoms with Crippen LogP contribution in [0.2, 0.25) is 0 Å². The van der Waals surface area contributed by atoms with Crippen LogP contribution in [-0.2, 0) is 13.0 Å². The molecule has 2 saturated heterocycles. The van der Waals surface area contributed by atoms with E-state index < -0.39 is 0 Å². The standard InChI is InChI=1S/C27H34N2/c1-21-6-5-16-29(21)17-15-22-9-11-24(12-10-22)26-14-13-25-19-28(20-27(25)26)18-23-7-3-2-4-8-23/h2-4,7-12,14,21,25,27H,5-6,13,15-20H2,1H3/t21-,25?,27+/m0/s1. The predicted molar refractivity (Wildman–Crippen MR) is 122 cm³/mol. The van der Waals surface area contributed by atoms with Crippen LogP contribution in [0.15, 0.2) is 60.7 Å². The Bertz CT molecular complexity index is 839. The van der Waals surface area contributed by atoms with Gasteiger partial charge in [-0.1, -0.05) is 60.7 Å². The number of likely N-dealkylation sites (tertiary alicyclic amines) is 2. The van der Waals surface area contributed by atoms with Crippen LogP contribution in [0.1, 0.15) is 42.9 Å². The molecule has 2 aromatic carbocycles. The molecule has 0 N–H and O–H groups in total. The fourth-order valence-corrected chi connectivity index (χ4v) is 5.75. The number of rotatable bonds is 6. The van der Waals surface area contributed by atoms with Crippen LogP contribution in [0.3, 0.4) is 0 Å². The minimum atomic E-state index is 0.718. The van der Waals surface area contributed by atoms with Gasteiger partial charge in [-0.3, -0.25) is 4.90 Å². The Morgan fingerprint density at radius 3 is 2.52 bits per heavy atom. The predicted octanol–water partition coefficient (Wildman–Crippen LogP) is 5.25. The highest BCUT2D eigenvalue weighted by atomic mass is 15.2. The molecule has 2 fully saturated rings. The van der Waals surface area contributed by atoms with Gasteiger partial charge in [-0.2, -0.15) is 0 Å². The number of allylic oxidation sites excluding steroid dienone is 1. The van der Waals surface area contributed by atoms with Crippen molar-refractivity contribution in [1.29, 1.82) is 0 Å². The van der Waals surface area contributed by atoms with Crippen molar-refractivity contribution in [2.75, 3.05) is 26.2 Å². The number of hydrogen-bond acceptors (Lipinski definition) is 2. The third-order valence-corrected chi connectivity index (χ3v) is 7.47. The molecule has 3 aliphatic rings. The summed E-state index contributed by atoms with van der Waals surface area (Å²) in [4.78, 5) is 5.31. The molecule has 3 atom stereocenters. The van der Waals surface area contributed by atoms with Gasteiger partial charge >= 0.3 is 0 Å². The van der Waals surface area contributed by atoms with Crippen molar-refractivity contribution in [1.82, 2.24) is 9.80 Å². The van der Waals surface area contributed by atoms with Crippen LogP contribution in [0.4, 0.5) is 0 Å². The fourth-order valence-electron chi connectivity index (χ4n) is 5.75. The quantitative estimate of drug-likeness (QED) is 0.669. The molecular weight excluding hydrogens is 352 g/mol. The summed E-state index contributed by atoms with van der Waals surface area (Å²) in [5, 5.41) is 0. The number of nitrogens with zero attached hydrogens (tertiary/aromatic N) is 2. The normalized spacial score (nSPS) is 27.3. The van der Waals surface area contributed by atoms with E-state index in [4.69, 9.17) is 0 Å². The van der Waals surface area contributed by atoms with Gasteiger partial charge in [0.05, 0.1) is 0 Å². The average molecular weight is 387 g/mol. The molecule has 29 heavy (non-hydrogen) atoms. The van der Waals surface area contributed by atoms with Crippen molar-refractivity contribution in [2.45, 2.75) is 45.2 Å². The van der Waals surface area contributed by atoms with Crippen LogP contribution in [-0.4, -0.2) is 42.0 Å². The summed E-state index contributed by atoms with van der Waals surface area (Å²) < 4.78 is 0. The van der Waals surface area contributed by atoms with Gasteiger partial charge in [0.25, 0.3) is 0 Å². The zero-order valence-corrected chi connectivity index (χ0v) is 17.8. The molecule has 2 nitrogen and oxygen atoms in total. The first kappa shape index (κ1) is 19.1. The van der Waals surface area contributed by atoms with Gasteiger partial charge in [0.2, 0.25) is 0 Å². The largest absolute Gasteiger partial charge is 0.300 e. The molecule has 1 unspecified atom stereocenters. The Morgan fingerprint density at radius 1 is 0.931 bits per heavy atom. The number of fused-ring (bicyclic) bond motifs is 1. The molecule has 2 aromatic rings. The van der Waals surface area contributed by atoms with Crippen LogP contribution >= 0.6 is 0 Å². The molecule has 1 aliphatic carbocycles. The molecule has 2 aliphatic heterocycles. The van der Waals surface area contributed by atoms with Crippen LogP contribution < -0.4 is 0 Å². The SMILES string of the molecule is C[C@H]1CCCN1CCc1ccc(C2=CCC3CN(Cc4ccccc4)C[C@@H]23)cc1. The molecule has 0 bridgehead atoms. The zero-order chi connectivity index (χ0) is 19.6. The highest BCUT2D eigenvalue weighted by Crippen LogP contribution is 2.43. The summed E-state index contributed by atoms with van der Waals surface area (Å²) >= 11 is 0. The van der Waals surface area contributed by atoms with E-state index in [0.717, 1.165) is 24.4 Å². The lowest BCUT2D eigenvalue weighted by atomic mass is 9.90. The lowest BCUT2D eigenvalue weighted by Gasteiger charge is -2.21. The third-order valence-electron chi connectivity index (χ3n) is 7.47. The van der Waals surface area contributed by atoms with Gasteiger partial charge in [0.1, 0.15) is 0 Å². The Kier molecular flexibility index (Phi) is 5.56. The monoisotopic (exact) mass is 386 g/mol.